The second kappa shape index (κ2) is 7.66. The van der Waals surface area contributed by atoms with E-state index in [1.165, 1.54) is 0 Å². The summed E-state index contributed by atoms with van der Waals surface area (Å²) in [4.78, 5) is 12.5. The molecule has 2 aromatic rings. The summed E-state index contributed by atoms with van der Waals surface area (Å²) in [6.07, 6.45) is 0. The topological polar surface area (TPSA) is 56.8 Å². The predicted molar refractivity (Wildman–Crippen MR) is 95.9 cm³/mol. The number of ether oxygens (including phenoxy) is 3. The van der Waals surface area contributed by atoms with Gasteiger partial charge in [-0.1, -0.05) is 17.7 Å². The first kappa shape index (κ1) is 17.4. The number of carbonyl (C=O) groups is 1. The first-order valence-corrected chi connectivity index (χ1v) is 8.59. The van der Waals surface area contributed by atoms with Crippen LogP contribution in [0.25, 0.3) is 0 Å². The SMILES string of the molecule is CCOc1ccc(C(=O)NC(C)c2ccc3c(c2)OCCO3)cc1Cl. The van der Waals surface area contributed by atoms with Gasteiger partial charge in [0.05, 0.1) is 17.7 Å². The summed E-state index contributed by atoms with van der Waals surface area (Å²) < 4.78 is 16.5. The lowest BCUT2D eigenvalue weighted by Gasteiger charge is -2.21. The van der Waals surface area contributed by atoms with Crippen molar-refractivity contribution in [2.45, 2.75) is 19.9 Å². The second-order valence-corrected chi connectivity index (χ2v) is 6.08. The molecular formula is C19H20ClNO4. The Morgan fingerprint density at radius 2 is 1.96 bits per heavy atom. The molecule has 1 aliphatic heterocycles. The van der Waals surface area contributed by atoms with Crippen LogP contribution in [-0.4, -0.2) is 25.7 Å². The van der Waals surface area contributed by atoms with Crippen LogP contribution >= 0.6 is 11.6 Å². The van der Waals surface area contributed by atoms with Crippen molar-refractivity contribution in [3.05, 3.63) is 52.5 Å². The van der Waals surface area contributed by atoms with Crippen molar-refractivity contribution in [1.82, 2.24) is 5.32 Å². The zero-order valence-corrected chi connectivity index (χ0v) is 14.9. The minimum absolute atomic E-state index is 0.186. The van der Waals surface area contributed by atoms with Gasteiger partial charge < -0.3 is 19.5 Å². The minimum atomic E-state index is -0.202. The molecule has 3 rings (SSSR count). The fraction of sp³-hybridized carbons (Fsp3) is 0.316. The number of fused-ring (bicyclic) bond motifs is 1. The normalized spacial score (nSPS) is 13.9. The van der Waals surface area contributed by atoms with Crippen molar-refractivity contribution in [2.24, 2.45) is 0 Å². The Kier molecular flexibility index (Phi) is 5.34. The number of carbonyl (C=O) groups excluding carboxylic acids is 1. The Morgan fingerprint density at radius 3 is 2.68 bits per heavy atom. The Balaban J connectivity index is 1.71. The van der Waals surface area contributed by atoms with Crippen molar-refractivity contribution in [1.29, 1.82) is 0 Å². The summed E-state index contributed by atoms with van der Waals surface area (Å²) in [5.74, 6) is 1.80. The first-order valence-electron chi connectivity index (χ1n) is 8.21. The summed E-state index contributed by atoms with van der Waals surface area (Å²) in [7, 11) is 0. The molecule has 0 aliphatic carbocycles. The van der Waals surface area contributed by atoms with E-state index in [0.29, 0.717) is 41.9 Å². The van der Waals surface area contributed by atoms with Crippen LogP contribution in [0.15, 0.2) is 36.4 Å². The maximum absolute atomic E-state index is 12.5. The number of hydrogen-bond acceptors (Lipinski definition) is 4. The van der Waals surface area contributed by atoms with Crippen molar-refractivity contribution in [3.63, 3.8) is 0 Å². The Labute approximate surface area is 151 Å². The van der Waals surface area contributed by atoms with Crippen LogP contribution in [0.4, 0.5) is 0 Å². The Hall–Kier alpha value is -2.40. The maximum atomic E-state index is 12.5. The quantitative estimate of drug-likeness (QED) is 0.874. The number of nitrogens with one attached hydrogen (secondary N) is 1. The number of halogens is 1. The summed E-state index contributed by atoms with van der Waals surface area (Å²) in [6.45, 7) is 5.40. The number of rotatable bonds is 5. The number of amides is 1. The highest BCUT2D eigenvalue weighted by Gasteiger charge is 2.17. The van der Waals surface area contributed by atoms with Crippen LogP contribution in [0.1, 0.15) is 35.8 Å². The van der Waals surface area contributed by atoms with Crippen molar-refractivity contribution >= 4 is 17.5 Å². The molecule has 0 fully saturated rings. The second-order valence-electron chi connectivity index (χ2n) is 5.68. The van der Waals surface area contributed by atoms with Gasteiger partial charge >= 0.3 is 0 Å². The molecule has 0 radical (unpaired) electrons. The van der Waals surface area contributed by atoms with Crippen LogP contribution in [0.5, 0.6) is 17.2 Å². The molecule has 0 saturated carbocycles. The molecule has 6 heteroatoms. The molecule has 0 spiro atoms. The smallest absolute Gasteiger partial charge is 0.251 e. The molecule has 5 nitrogen and oxygen atoms in total. The van der Waals surface area contributed by atoms with E-state index < -0.39 is 0 Å². The van der Waals surface area contributed by atoms with Gasteiger partial charge in [-0.25, -0.2) is 0 Å². The summed E-state index contributed by atoms with van der Waals surface area (Å²) in [5.41, 5.74) is 1.42. The average Bonchev–Trinajstić information content (AvgIpc) is 2.63. The van der Waals surface area contributed by atoms with Crippen molar-refractivity contribution in [3.8, 4) is 17.2 Å². The molecule has 1 heterocycles. The summed E-state index contributed by atoms with van der Waals surface area (Å²) in [6, 6.07) is 10.5. The standard InChI is InChI=1S/C19H20ClNO4/c1-3-23-16-6-5-14(10-15(16)20)19(22)21-12(2)13-4-7-17-18(11-13)25-9-8-24-17/h4-7,10-12H,3,8-9H2,1-2H3,(H,21,22). The molecule has 132 valence electrons. The van der Waals surface area contributed by atoms with E-state index in [9.17, 15) is 4.79 Å². The molecule has 0 bridgehead atoms. The van der Waals surface area contributed by atoms with Gasteiger partial charge in [0, 0.05) is 5.56 Å². The molecular weight excluding hydrogens is 342 g/mol. The molecule has 1 amide bonds. The van der Waals surface area contributed by atoms with Gasteiger partial charge in [-0.2, -0.15) is 0 Å². The van der Waals surface area contributed by atoms with E-state index in [1.807, 2.05) is 32.0 Å². The van der Waals surface area contributed by atoms with Gasteiger partial charge in [-0.3, -0.25) is 4.79 Å². The Morgan fingerprint density at radius 1 is 1.20 bits per heavy atom. The average molecular weight is 362 g/mol. The maximum Gasteiger partial charge on any atom is 0.251 e. The fourth-order valence-electron chi connectivity index (χ4n) is 2.61. The lowest BCUT2D eigenvalue weighted by molar-refractivity contribution is 0.0939. The van der Waals surface area contributed by atoms with Gasteiger partial charge in [0.2, 0.25) is 0 Å². The summed E-state index contributed by atoms with van der Waals surface area (Å²) >= 11 is 6.15. The van der Waals surface area contributed by atoms with Crippen molar-refractivity contribution < 1.29 is 19.0 Å². The molecule has 0 aromatic heterocycles. The molecule has 1 atom stereocenters. The van der Waals surface area contributed by atoms with Gasteiger partial charge in [0.1, 0.15) is 19.0 Å². The minimum Gasteiger partial charge on any atom is -0.492 e. The zero-order valence-electron chi connectivity index (χ0n) is 14.2. The largest absolute Gasteiger partial charge is 0.492 e. The van der Waals surface area contributed by atoms with Gasteiger partial charge in [-0.15, -0.1) is 0 Å². The molecule has 0 saturated heterocycles. The first-order chi connectivity index (χ1) is 12.1. The van der Waals surface area contributed by atoms with E-state index in [2.05, 4.69) is 5.32 Å². The number of hydrogen-bond donors (Lipinski definition) is 1. The molecule has 1 aliphatic rings. The molecule has 25 heavy (non-hydrogen) atoms. The van der Waals surface area contributed by atoms with E-state index >= 15 is 0 Å². The van der Waals surface area contributed by atoms with Crippen LogP contribution in [0.2, 0.25) is 5.02 Å². The fourth-order valence-corrected chi connectivity index (χ4v) is 2.84. The highest BCUT2D eigenvalue weighted by molar-refractivity contribution is 6.32. The third-order valence-electron chi connectivity index (χ3n) is 3.91. The lowest BCUT2D eigenvalue weighted by Crippen LogP contribution is -2.26. The van der Waals surface area contributed by atoms with Crippen LogP contribution < -0.4 is 19.5 Å². The van der Waals surface area contributed by atoms with Crippen LogP contribution in [-0.2, 0) is 0 Å². The third kappa shape index (κ3) is 3.99. The van der Waals surface area contributed by atoms with E-state index in [-0.39, 0.29) is 11.9 Å². The predicted octanol–water partition coefficient (Wildman–Crippen LogP) is 4.00. The van der Waals surface area contributed by atoms with Crippen LogP contribution in [0.3, 0.4) is 0 Å². The zero-order chi connectivity index (χ0) is 17.8. The van der Waals surface area contributed by atoms with Crippen molar-refractivity contribution in [2.75, 3.05) is 19.8 Å². The monoisotopic (exact) mass is 361 g/mol. The van der Waals surface area contributed by atoms with E-state index in [4.69, 9.17) is 25.8 Å². The van der Waals surface area contributed by atoms with E-state index in [0.717, 1.165) is 11.3 Å². The molecule has 2 aromatic carbocycles. The molecule has 1 N–H and O–H groups in total. The third-order valence-corrected chi connectivity index (χ3v) is 4.20. The summed E-state index contributed by atoms with van der Waals surface area (Å²) in [5, 5.41) is 3.38. The molecule has 1 unspecified atom stereocenters. The highest BCUT2D eigenvalue weighted by Crippen LogP contribution is 2.32. The number of benzene rings is 2. The van der Waals surface area contributed by atoms with Crippen LogP contribution in [0, 0.1) is 0 Å². The van der Waals surface area contributed by atoms with Gasteiger partial charge in [-0.05, 0) is 49.7 Å². The highest BCUT2D eigenvalue weighted by atomic mass is 35.5. The lowest BCUT2D eigenvalue weighted by atomic mass is 10.1. The van der Waals surface area contributed by atoms with Gasteiger partial charge in [0.25, 0.3) is 5.91 Å². The Bertz CT molecular complexity index is 778. The van der Waals surface area contributed by atoms with E-state index in [1.54, 1.807) is 18.2 Å². The van der Waals surface area contributed by atoms with Gasteiger partial charge in [0.15, 0.2) is 11.5 Å².